The largest absolute Gasteiger partial charge is 0.366 e. The third kappa shape index (κ3) is 2.16. The maximum atomic E-state index is 10.9. The zero-order chi connectivity index (χ0) is 10.0. The van der Waals surface area contributed by atoms with Crippen LogP contribution in [0.2, 0.25) is 0 Å². The predicted octanol–water partition coefficient (Wildman–Crippen LogP) is 2.12. The number of aldehydes is 1. The molecule has 0 aliphatic carbocycles. The van der Waals surface area contributed by atoms with Gasteiger partial charge in [0.05, 0.1) is 5.56 Å². The Labute approximate surface area is 91.6 Å². The molecule has 1 amide bonds. The van der Waals surface area contributed by atoms with Crippen LogP contribution in [0.4, 0.5) is 0 Å². The molecule has 0 radical (unpaired) electrons. The van der Waals surface area contributed by atoms with Gasteiger partial charge in [0.25, 0.3) is 0 Å². The first-order valence-corrected chi connectivity index (χ1v) is 4.89. The quantitative estimate of drug-likeness (QED) is 0.851. The van der Waals surface area contributed by atoms with Crippen molar-refractivity contribution in [3.05, 3.63) is 32.2 Å². The van der Waals surface area contributed by atoms with E-state index in [1.54, 1.807) is 6.07 Å². The fraction of sp³-hybridized carbons (Fsp3) is 0. The van der Waals surface area contributed by atoms with Gasteiger partial charge in [-0.1, -0.05) is 0 Å². The molecule has 0 unspecified atom stereocenters. The first kappa shape index (κ1) is 10.4. The van der Waals surface area contributed by atoms with Crippen LogP contribution in [0.3, 0.4) is 0 Å². The molecular weight excluding hydrogens is 302 g/mol. The highest BCUT2D eigenvalue weighted by molar-refractivity contribution is 9.13. The van der Waals surface area contributed by atoms with Crippen molar-refractivity contribution in [1.29, 1.82) is 0 Å². The Bertz CT molecular complexity index is 377. The Morgan fingerprint density at radius 3 is 2.46 bits per heavy atom. The zero-order valence-electron chi connectivity index (χ0n) is 6.38. The van der Waals surface area contributed by atoms with E-state index in [1.165, 1.54) is 6.07 Å². The number of rotatable bonds is 2. The van der Waals surface area contributed by atoms with Crippen molar-refractivity contribution in [1.82, 2.24) is 0 Å². The molecule has 0 aliphatic rings. The van der Waals surface area contributed by atoms with E-state index in [4.69, 9.17) is 5.73 Å². The lowest BCUT2D eigenvalue weighted by molar-refractivity contribution is 0.0999. The number of carbonyl (C=O) groups is 2. The lowest BCUT2D eigenvalue weighted by Gasteiger charge is -2.03. The third-order valence-corrected chi connectivity index (χ3v) is 3.46. The number of hydrogen-bond acceptors (Lipinski definition) is 2. The van der Waals surface area contributed by atoms with Gasteiger partial charge in [-0.3, -0.25) is 9.59 Å². The van der Waals surface area contributed by atoms with Gasteiger partial charge in [0.15, 0.2) is 0 Å². The van der Waals surface area contributed by atoms with Crippen molar-refractivity contribution in [2.45, 2.75) is 0 Å². The first-order valence-electron chi connectivity index (χ1n) is 3.30. The lowest BCUT2D eigenvalue weighted by Crippen LogP contribution is -2.12. The van der Waals surface area contributed by atoms with Crippen molar-refractivity contribution < 1.29 is 9.59 Å². The van der Waals surface area contributed by atoms with Crippen LogP contribution < -0.4 is 5.73 Å². The van der Waals surface area contributed by atoms with Gasteiger partial charge in [0.1, 0.15) is 6.29 Å². The molecule has 0 atom stereocenters. The van der Waals surface area contributed by atoms with E-state index >= 15 is 0 Å². The van der Waals surface area contributed by atoms with Crippen LogP contribution in [0.15, 0.2) is 21.1 Å². The second-order valence-electron chi connectivity index (χ2n) is 2.35. The molecule has 13 heavy (non-hydrogen) atoms. The number of amides is 1. The minimum Gasteiger partial charge on any atom is -0.366 e. The Kier molecular flexibility index (Phi) is 3.22. The number of nitrogens with two attached hydrogens (primary N) is 1. The molecule has 68 valence electrons. The van der Waals surface area contributed by atoms with Gasteiger partial charge >= 0.3 is 0 Å². The van der Waals surface area contributed by atoms with Crippen molar-refractivity contribution in [2.75, 3.05) is 0 Å². The number of carbonyl (C=O) groups excluding carboxylic acids is 2. The SMILES string of the molecule is NC(=O)c1cc(C=O)cc(Br)c1Br. The first-order chi connectivity index (χ1) is 6.06. The summed E-state index contributed by atoms with van der Waals surface area (Å²) in [6.45, 7) is 0. The fourth-order valence-corrected chi connectivity index (χ4v) is 1.76. The number of hydrogen-bond donors (Lipinski definition) is 1. The normalized spacial score (nSPS) is 9.69. The smallest absolute Gasteiger partial charge is 0.249 e. The monoisotopic (exact) mass is 305 g/mol. The van der Waals surface area contributed by atoms with Crippen LogP contribution in [0.25, 0.3) is 0 Å². The molecule has 5 heteroatoms. The predicted molar refractivity (Wildman–Crippen MR) is 55.7 cm³/mol. The maximum Gasteiger partial charge on any atom is 0.249 e. The zero-order valence-corrected chi connectivity index (χ0v) is 9.55. The average Bonchev–Trinajstić information content (AvgIpc) is 2.09. The van der Waals surface area contributed by atoms with E-state index in [9.17, 15) is 9.59 Å². The molecule has 0 spiro atoms. The molecule has 1 rings (SSSR count). The molecule has 0 saturated carbocycles. The maximum absolute atomic E-state index is 10.9. The highest BCUT2D eigenvalue weighted by Crippen LogP contribution is 2.27. The van der Waals surface area contributed by atoms with Gasteiger partial charge in [0.2, 0.25) is 5.91 Å². The summed E-state index contributed by atoms with van der Waals surface area (Å²) in [6.07, 6.45) is 0.656. The van der Waals surface area contributed by atoms with Crippen molar-refractivity contribution in [2.24, 2.45) is 5.73 Å². The van der Waals surface area contributed by atoms with E-state index in [-0.39, 0.29) is 5.56 Å². The molecule has 0 saturated heterocycles. The molecule has 0 aliphatic heterocycles. The highest BCUT2D eigenvalue weighted by atomic mass is 79.9. The summed E-state index contributed by atoms with van der Waals surface area (Å²) in [6, 6.07) is 3.04. The molecular formula is C8H5Br2NO2. The van der Waals surface area contributed by atoms with Gasteiger partial charge in [-0.2, -0.15) is 0 Å². The second kappa shape index (κ2) is 4.02. The van der Waals surface area contributed by atoms with Crippen LogP contribution in [-0.4, -0.2) is 12.2 Å². The van der Waals surface area contributed by atoms with E-state index in [0.29, 0.717) is 20.8 Å². The van der Waals surface area contributed by atoms with E-state index < -0.39 is 5.91 Å². The molecule has 0 aromatic heterocycles. The molecule has 0 bridgehead atoms. The Morgan fingerprint density at radius 2 is 2.00 bits per heavy atom. The standard InChI is InChI=1S/C8H5Br2NO2/c9-6-2-4(3-12)1-5(7(6)10)8(11)13/h1-3H,(H2,11,13). The number of primary amides is 1. The molecule has 1 aromatic carbocycles. The van der Waals surface area contributed by atoms with E-state index in [2.05, 4.69) is 31.9 Å². The molecule has 1 aromatic rings. The van der Waals surface area contributed by atoms with Crippen LogP contribution in [0, 0.1) is 0 Å². The van der Waals surface area contributed by atoms with Crippen LogP contribution >= 0.6 is 31.9 Å². The van der Waals surface area contributed by atoms with E-state index in [0.717, 1.165) is 0 Å². The van der Waals surface area contributed by atoms with E-state index in [1.807, 2.05) is 0 Å². The fourth-order valence-electron chi connectivity index (χ4n) is 0.857. The third-order valence-electron chi connectivity index (χ3n) is 1.45. The van der Waals surface area contributed by atoms with Gasteiger partial charge in [-0.15, -0.1) is 0 Å². The minimum absolute atomic E-state index is 0.288. The lowest BCUT2D eigenvalue weighted by atomic mass is 10.1. The topological polar surface area (TPSA) is 60.2 Å². The summed E-state index contributed by atoms with van der Waals surface area (Å²) in [4.78, 5) is 21.4. The summed E-state index contributed by atoms with van der Waals surface area (Å²) in [5.41, 5.74) is 5.80. The Balaban J connectivity index is 3.41. The average molecular weight is 307 g/mol. The molecule has 2 N–H and O–H groups in total. The van der Waals surface area contributed by atoms with Gasteiger partial charge < -0.3 is 5.73 Å². The number of benzene rings is 1. The molecule has 0 heterocycles. The Morgan fingerprint density at radius 1 is 1.38 bits per heavy atom. The summed E-state index contributed by atoms with van der Waals surface area (Å²) in [5, 5.41) is 0. The van der Waals surface area contributed by atoms with Crippen molar-refractivity contribution >= 4 is 44.1 Å². The summed E-state index contributed by atoms with van der Waals surface area (Å²) in [7, 11) is 0. The van der Waals surface area contributed by atoms with Gasteiger partial charge in [-0.05, 0) is 44.0 Å². The van der Waals surface area contributed by atoms with Gasteiger partial charge in [0, 0.05) is 14.5 Å². The van der Waals surface area contributed by atoms with Crippen LogP contribution in [0.5, 0.6) is 0 Å². The van der Waals surface area contributed by atoms with Crippen LogP contribution in [-0.2, 0) is 0 Å². The summed E-state index contributed by atoms with van der Waals surface area (Å²) in [5.74, 6) is -0.573. The number of halogens is 2. The summed E-state index contributed by atoms with van der Waals surface area (Å²) >= 11 is 6.37. The Hall–Kier alpha value is -0.680. The second-order valence-corrected chi connectivity index (χ2v) is 3.99. The van der Waals surface area contributed by atoms with Crippen molar-refractivity contribution in [3.63, 3.8) is 0 Å². The van der Waals surface area contributed by atoms with Crippen LogP contribution in [0.1, 0.15) is 20.7 Å². The molecule has 3 nitrogen and oxygen atoms in total. The van der Waals surface area contributed by atoms with Crippen molar-refractivity contribution in [3.8, 4) is 0 Å². The highest BCUT2D eigenvalue weighted by Gasteiger charge is 2.10. The molecule has 0 fully saturated rings. The summed E-state index contributed by atoms with van der Waals surface area (Å²) < 4.78 is 1.19. The van der Waals surface area contributed by atoms with Gasteiger partial charge in [-0.25, -0.2) is 0 Å². The minimum atomic E-state index is -0.573.